The van der Waals surface area contributed by atoms with Crippen molar-refractivity contribution >= 4 is 29.3 Å². The third-order valence-corrected chi connectivity index (χ3v) is 4.86. The number of hydrogen-bond donors (Lipinski definition) is 0. The Bertz CT molecular complexity index is 729. The van der Waals surface area contributed by atoms with Crippen LogP contribution in [0.15, 0.2) is 29.4 Å². The zero-order valence-electron chi connectivity index (χ0n) is 15.6. The van der Waals surface area contributed by atoms with E-state index >= 15 is 0 Å². The Morgan fingerprint density at radius 2 is 2.00 bits per heavy atom. The van der Waals surface area contributed by atoms with Crippen molar-refractivity contribution in [2.45, 2.75) is 43.6 Å². The van der Waals surface area contributed by atoms with Crippen molar-refractivity contribution in [2.24, 2.45) is 0 Å². The first-order valence-corrected chi connectivity index (χ1v) is 9.53. The van der Waals surface area contributed by atoms with Gasteiger partial charge in [0.15, 0.2) is 0 Å². The number of amides is 1. The molecule has 1 amide bonds. The maximum atomic E-state index is 12.6. The highest BCUT2D eigenvalue weighted by molar-refractivity contribution is 8.00. The minimum Gasteiger partial charge on any atom is -0.492 e. The monoisotopic (exact) mass is 397 g/mol. The van der Waals surface area contributed by atoms with E-state index in [0.29, 0.717) is 23.3 Å². The topological polar surface area (TPSA) is 73.1 Å². The number of benzene rings is 1. The summed E-state index contributed by atoms with van der Waals surface area (Å²) in [6.45, 7) is 8.78. The summed E-state index contributed by atoms with van der Waals surface area (Å²) in [4.78, 5) is 14.2. The lowest BCUT2D eigenvalue weighted by Gasteiger charge is -2.23. The largest absolute Gasteiger partial charge is 0.492 e. The number of carbonyl (C=O) groups excluding carboxylic acids is 1. The first-order valence-electron chi connectivity index (χ1n) is 8.27. The molecule has 0 N–H and O–H groups in total. The minimum atomic E-state index is -0.303. The summed E-state index contributed by atoms with van der Waals surface area (Å²) in [5.41, 5.74) is -0.243. The number of halogens is 1. The molecule has 7 nitrogen and oxygen atoms in total. The van der Waals surface area contributed by atoms with E-state index in [4.69, 9.17) is 16.3 Å². The van der Waals surface area contributed by atoms with Gasteiger partial charge in [-0.3, -0.25) is 4.79 Å². The van der Waals surface area contributed by atoms with Crippen molar-refractivity contribution < 1.29 is 9.53 Å². The van der Waals surface area contributed by atoms with Crippen LogP contribution in [0.4, 0.5) is 0 Å². The normalized spacial score (nSPS) is 12.7. The van der Waals surface area contributed by atoms with Crippen LogP contribution < -0.4 is 4.74 Å². The second-order valence-electron chi connectivity index (χ2n) is 6.87. The molecule has 2 aromatic rings. The van der Waals surface area contributed by atoms with E-state index < -0.39 is 0 Å². The third-order valence-electron chi connectivity index (χ3n) is 3.59. The molecule has 26 heavy (non-hydrogen) atoms. The van der Waals surface area contributed by atoms with Crippen LogP contribution in [0, 0.1) is 0 Å². The fourth-order valence-electron chi connectivity index (χ4n) is 2.13. The molecule has 0 aliphatic heterocycles. The van der Waals surface area contributed by atoms with Crippen LogP contribution in [0.25, 0.3) is 0 Å². The maximum Gasteiger partial charge on any atom is 0.235 e. The molecule has 0 aliphatic rings. The Kier molecular flexibility index (Phi) is 6.88. The first kappa shape index (κ1) is 20.5. The molecule has 1 atom stereocenters. The summed E-state index contributed by atoms with van der Waals surface area (Å²) in [7, 11) is 1.76. The highest BCUT2D eigenvalue weighted by Gasteiger charge is 2.25. The van der Waals surface area contributed by atoms with E-state index in [-0.39, 0.29) is 16.7 Å². The molecule has 1 unspecified atom stereocenters. The van der Waals surface area contributed by atoms with Gasteiger partial charge in [0.1, 0.15) is 12.4 Å². The van der Waals surface area contributed by atoms with Gasteiger partial charge in [0.25, 0.3) is 0 Å². The van der Waals surface area contributed by atoms with Gasteiger partial charge in [-0.1, -0.05) is 23.4 Å². The molecule has 0 fully saturated rings. The number of hydrogen-bond acceptors (Lipinski definition) is 6. The Balaban J connectivity index is 1.85. The Labute approximate surface area is 163 Å². The van der Waals surface area contributed by atoms with E-state index in [2.05, 4.69) is 15.5 Å². The fraction of sp³-hybridized carbons (Fsp3) is 0.529. The average Bonchev–Trinajstić information content (AvgIpc) is 3.04. The van der Waals surface area contributed by atoms with Gasteiger partial charge in [0.2, 0.25) is 11.1 Å². The summed E-state index contributed by atoms with van der Waals surface area (Å²) in [6, 6.07) is 7.14. The summed E-state index contributed by atoms with van der Waals surface area (Å²) in [5, 5.41) is 12.8. The van der Waals surface area contributed by atoms with Gasteiger partial charge in [-0.25, -0.2) is 4.68 Å². The van der Waals surface area contributed by atoms with Crippen LogP contribution in [-0.4, -0.2) is 56.5 Å². The molecular formula is C17H24ClN5O2S. The molecule has 2 rings (SSSR count). The molecular weight excluding hydrogens is 374 g/mol. The Morgan fingerprint density at radius 1 is 1.35 bits per heavy atom. The van der Waals surface area contributed by atoms with Crippen molar-refractivity contribution in [3.8, 4) is 5.75 Å². The van der Waals surface area contributed by atoms with Crippen LogP contribution in [0.3, 0.4) is 0 Å². The van der Waals surface area contributed by atoms with E-state index in [0.717, 1.165) is 5.75 Å². The number of ether oxygens (including phenoxy) is 1. The highest BCUT2D eigenvalue weighted by Crippen LogP contribution is 2.25. The number of thioether (sulfide) groups is 1. The van der Waals surface area contributed by atoms with Crippen molar-refractivity contribution in [1.29, 1.82) is 0 Å². The zero-order valence-corrected chi connectivity index (χ0v) is 17.2. The molecule has 0 bridgehead atoms. The van der Waals surface area contributed by atoms with Gasteiger partial charge >= 0.3 is 0 Å². The van der Waals surface area contributed by atoms with Crippen LogP contribution in [0.5, 0.6) is 5.75 Å². The molecule has 1 aromatic heterocycles. The van der Waals surface area contributed by atoms with Crippen LogP contribution in [0.2, 0.25) is 5.02 Å². The molecule has 0 saturated carbocycles. The predicted molar refractivity (Wildman–Crippen MR) is 103 cm³/mol. The molecule has 1 heterocycles. The van der Waals surface area contributed by atoms with Gasteiger partial charge in [-0.2, -0.15) is 0 Å². The quantitative estimate of drug-likeness (QED) is 0.668. The Morgan fingerprint density at radius 3 is 2.62 bits per heavy atom. The number of aromatic nitrogens is 4. The smallest absolute Gasteiger partial charge is 0.235 e. The summed E-state index contributed by atoms with van der Waals surface area (Å²) in [5.74, 6) is 0.722. The number of likely N-dealkylation sites (N-methyl/N-ethyl adjacent to an activating group) is 1. The van der Waals surface area contributed by atoms with Gasteiger partial charge < -0.3 is 9.64 Å². The van der Waals surface area contributed by atoms with Crippen LogP contribution >= 0.6 is 23.4 Å². The molecule has 142 valence electrons. The second-order valence-corrected chi connectivity index (χ2v) is 8.61. The SMILES string of the molecule is CC(Sc1nnnn1C(C)(C)C)C(=O)N(C)CCOc1ccc(Cl)cc1. The van der Waals surface area contributed by atoms with Crippen molar-refractivity contribution in [1.82, 2.24) is 25.1 Å². The minimum absolute atomic E-state index is 0.00170. The van der Waals surface area contributed by atoms with E-state index in [1.807, 2.05) is 27.7 Å². The van der Waals surface area contributed by atoms with Gasteiger partial charge in [0, 0.05) is 12.1 Å². The lowest BCUT2D eigenvalue weighted by atomic mass is 10.1. The average molecular weight is 398 g/mol. The zero-order chi connectivity index (χ0) is 19.3. The molecule has 0 radical (unpaired) electrons. The number of carbonyl (C=O) groups is 1. The summed E-state index contributed by atoms with van der Waals surface area (Å²) in [6.07, 6.45) is 0. The molecule has 0 aliphatic carbocycles. The number of nitrogens with zero attached hydrogens (tertiary/aromatic N) is 5. The molecule has 9 heteroatoms. The molecule has 0 spiro atoms. The molecule has 1 aromatic carbocycles. The number of rotatable bonds is 7. The third kappa shape index (κ3) is 5.60. The van der Waals surface area contributed by atoms with Crippen LogP contribution in [0.1, 0.15) is 27.7 Å². The lowest BCUT2D eigenvalue weighted by Crippen LogP contribution is -2.36. The van der Waals surface area contributed by atoms with Crippen molar-refractivity contribution in [3.63, 3.8) is 0 Å². The van der Waals surface area contributed by atoms with E-state index in [1.165, 1.54) is 11.8 Å². The maximum absolute atomic E-state index is 12.6. The Hall–Kier alpha value is -1.80. The van der Waals surface area contributed by atoms with Gasteiger partial charge in [-0.05, 0) is 62.4 Å². The number of tetrazole rings is 1. The highest BCUT2D eigenvalue weighted by atomic mass is 35.5. The summed E-state index contributed by atoms with van der Waals surface area (Å²) >= 11 is 7.20. The van der Waals surface area contributed by atoms with E-state index in [1.54, 1.807) is 40.9 Å². The van der Waals surface area contributed by atoms with Gasteiger partial charge in [-0.15, -0.1) is 5.10 Å². The fourth-order valence-corrected chi connectivity index (χ4v) is 3.35. The second kappa shape index (κ2) is 8.73. The molecule has 0 saturated heterocycles. The van der Waals surface area contributed by atoms with Gasteiger partial charge in [0.05, 0.1) is 17.3 Å². The standard InChI is InChI=1S/C17H24ClN5O2S/c1-12(26-16-19-20-21-23(16)17(2,3)4)15(24)22(5)10-11-25-14-8-6-13(18)7-9-14/h6-9,12H,10-11H2,1-5H3. The predicted octanol–water partition coefficient (Wildman–Crippen LogP) is 3.10. The lowest BCUT2D eigenvalue weighted by molar-refractivity contribution is -0.129. The van der Waals surface area contributed by atoms with E-state index in [9.17, 15) is 4.79 Å². The van der Waals surface area contributed by atoms with Crippen LogP contribution in [-0.2, 0) is 10.3 Å². The summed E-state index contributed by atoms with van der Waals surface area (Å²) < 4.78 is 7.36. The van der Waals surface area contributed by atoms with Crippen molar-refractivity contribution in [2.75, 3.05) is 20.2 Å². The first-order chi connectivity index (χ1) is 12.2. The van der Waals surface area contributed by atoms with Crippen molar-refractivity contribution in [3.05, 3.63) is 29.3 Å².